The highest BCUT2D eigenvalue weighted by molar-refractivity contribution is 7.10. The highest BCUT2D eigenvalue weighted by Crippen LogP contribution is 2.28. The van der Waals surface area contributed by atoms with Crippen LogP contribution in [0.15, 0.2) is 51.4 Å². The molecule has 0 spiro atoms. The van der Waals surface area contributed by atoms with E-state index in [2.05, 4.69) is 19.6 Å². The average molecular weight is 348 g/mol. The molecule has 0 aromatic carbocycles. The van der Waals surface area contributed by atoms with Gasteiger partial charge in [-0.25, -0.2) is 0 Å². The second-order valence-electron chi connectivity index (χ2n) is 5.98. The number of rotatable bonds is 8. The Kier molecular flexibility index (Phi) is 7.03. The number of furan rings is 1. The Morgan fingerprint density at radius 2 is 2.04 bits per heavy atom. The molecule has 24 heavy (non-hydrogen) atoms. The maximum absolute atomic E-state index is 10.3. The molecule has 0 unspecified atom stereocenters. The molecule has 3 N–H and O–H groups in total. The van der Waals surface area contributed by atoms with Gasteiger partial charge in [-0.1, -0.05) is 19.9 Å². The van der Waals surface area contributed by atoms with Gasteiger partial charge in [0.25, 0.3) is 0 Å². The maximum atomic E-state index is 10.3. The van der Waals surface area contributed by atoms with Crippen LogP contribution in [0, 0.1) is 5.92 Å². The maximum Gasteiger partial charge on any atom is 0.133 e. The summed E-state index contributed by atoms with van der Waals surface area (Å²) in [6.07, 6.45) is 1.38. The molecule has 2 aromatic rings. The number of thiophene rings is 1. The smallest absolute Gasteiger partial charge is 0.133 e. The van der Waals surface area contributed by atoms with E-state index in [0.717, 1.165) is 10.5 Å². The fourth-order valence-corrected chi connectivity index (χ4v) is 3.04. The van der Waals surface area contributed by atoms with Gasteiger partial charge < -0.3 is 19.7 Å². The third kappa shape index (κ3) is 5.20. The zero-order valence-corrected chi connectivity index (χ0v) is 14.8. The quantitative estimate of drug-likeness (QED) is 0.628. The van der Waals surface area contributed by atoms with Crippen molar-refractivity contribution in [2.75, 3.05) is 0 Å². The average Bonchev–Trinajstić information content (AvgIpc) is 3.24. The van der Waals surface area contributed by atoms with Crippen molar-refractivity contribution in [2.45, 2.75) is 45.5 Å². The molecule has 0 aliphatic rings. The van der Waals surface area contributed by atoms with Crippen LogP contribution in [0.25, 0.3) is 0 Å². The molecule has 0 amide bonds. The number of aliphatic hydroxyl groups excluding tert-OH is 3. The Labute approximate surface area is 146 Å². The summed E-state index contributed by atoms with van der Waals surface area (Å²) in [5.74, 6) is 1.13. The molecule has 0 fully saturated rings. The Balaban J connectivity index is 2.02. The van der Waals surface area contributed by atoms with Crippen LogP contribution in [0.3, 0.4) is 0 Å². The summed E-state index contributed by atoms with van der Waals surface area (Å²) in [6, 6.07) is 7.17. The van der Waals surface area contributed by atoms with Crippen LogP contribution in [-0.2, 0) is 6.61 Å². The molecule has 0 radical (unpaired) electrons. The van der Waals surface area contributed by atoms with Crippen molar-refractivity contribution in [3.05, 3.63) is 63.4 Å². The van der Waals surface area contributed by atoms with Gasteiger partial charge in [0.2, 0.25) is 0 Å². The van der Waals surface area contributed by atoms with Crippen molar-refractivity contribution in [1.29, 1.82) is 0 Å². The molecular weight excluding hydrogens is 324 g/mol. The molecular formula is C19H24O4S. The lowest BCUT2D eigenvalue weighted by atomic mass is 9.97. The third-order valence-electron chi connectivity index (χ3n) is 3.78. The Morgan fingerprint density at radius 1 is 1.25 bits per heavy atom. The van der Waals surface area contributed by atoms with Gasteiger partial charge >= 0.3 is 0 Å². The fourth-order valence-electron chi connectivity index (χ4n) is 2.33. The summed E-state index contributed by atoms with van der Waals surface area (Å²) >= 11 is 1.54. The lowest BCUT2D eigenvalue weighted by Gasteiger charge is -2.13. The Bertz CT molecular complexity index is 678. The van der Waals surface area contributed by atoms with Crippen molar-refractivity contribution in [3.8, 4) is 0 Å². The van der Waals surface area contributed by atoms with Crippen LogP contribution in [0.2, 0.25) is 0 Å². The van der Waals surface area contributed by atoms with Crippen molar-refractivity contribution >= 4 is 11.3 Å². The van der Waals surface area contributed by atoms with E-state index in [9.17, 15) is 10.2 Å². The van der Waals surface area contributed by atoms with Gasteiger partial charge in [-0.15, -0.1) is 17.1 Å². The van der Waals surface area contributed by atoms with E-state index in [1.165, 1.54) is 0 Å². The lowest BCUT2D eigenvalue weighted by molar-refractivity contribution is 0.145. The summed E-state index contributed by atoms with van der Waals surface area (Å²) in [5, 5.41) is 31.3. The summed E-state index contributed by atoms with van der Waals surface area (Å²) in [7, 11) is 0. The van der Waals surface area contributed by atoms with Gasteiger partial charge in [-0.05, 0) is 41.1 Å². The van der Waals surface area contributed by atoms with Crippen LogP contribution in [-0.4, -0.2) is 15.3 Å². The highest BCUT2D eigenvalue weighted by Gasteiger charge is 2.14. The molecule has 5 heteroatoms. The summed E-state index contributed by atoms with van der Waals surface area (Å²) in [5.41, 5.74) is 4.23. The zero-order chi connectivity index (χ0) is 17.5. The minimum atomic E-state index is -0.770. The lowest BCUT2D eigenvalue weighted by Crippen LogP contribution is -2.01. The molecule has 130 valence electrons. The SMILES string of the molecule is CC(C)C(=C=CC[C@@H](O)c1ccc(CO)o1)C[C@@H](O)c1cccs1. The van der Waals surface area contributed by atoms with Crippen LogP contribution < -0.4 is 0 Å². The van der Waals surface area contributed by atoms with E-state index in [1.54, 1.807) is 29.5 Å². The first-order valence-corrected chi connectivity index (χ1v) is 8.92. The normalized spacial score (nSPS) is 13.6. The first-order chi connectivity index (χ1) is 11.5. The van der Waals surface area contributed by atoms with E-state index in [0.29, 0.717) is 24.4 Å². The standard InChI is InChI=1S/C19H24O4S/c1-13(2)14(11-17(22)19-7-4-10-24-19)5-3-6-16(21)18-9-8-15(12-20)23-18/h3-4,7-10,13,16-17,20-22H,6,11-12H2,1-2H3/t5?,16-,17-/m1/s1. The molecule has 0 aliphatic heterocycles. The van der Waals surface area contributed by atoms with E-state index < -0.39 is 12.2 Å². The van der Waals surface area contributed by atoms with E-state index in [-0.39, 0.29) is 12.5 Å². The van der Waals surface area contributed by atoms with Gasteiger partial charge in [-0.3, -0.25) is 0 Å². The van der Waals surface area contributed by atoms with Crippen molar-refractivity contribution < 1.29 is 19.7 Å². The fraction of sp³-hybridized carbons (Fsp3) is 0.421. The molecule has 4 nitrogen and oxygen atoms in total. The molecule has 2 rings (SSSR count). The second-order valence-corrected chi connectivity index (χ2v) is 6.96. The molecule has 0 aliphatic carbocycles. The first-order valence-electron chi connectivity index (χ1n) is 8.04. The second kappa shape index (κ2) is 9.02. The number of hydrogen-bond donors (Lipinski definition) is 3. The summed E-state index contributed by atoms with van der Waals surface area (Å²) in [6.45, 7) is 3.95. The van der Waals surface area contributed by atoms with Gasteiger partial charge in [0.1, 0.15) is 24.2 Å². The minimum Gasteiger partial charge on any atom is -0.461 e. The topological polar surface area (TPSA) is 73.8 Å². The van der Waals surface area contributed by atoms with Gasteiger partial charge in [-0.2, -0.15) is 0 Å². The highest BCUT2D eigenvalue weighted by atomic mass is 32.1. The largest absolute Gasteiger partial charge is 0.461 e. The Morgan fingerprint density at radius 3 is 2.62 bits per heavy atom. The van der Waals surface area contributed by atoms with E-state index in [4.69, 9.17) is 9.52 Å². The monoisotopic (exact) mass is 348 g/mol. The molecule has 2 aromatic heterocycles. The predicted molar refractivity (Wildman–Crippen MR) is 94.5 cm³/mol. The molecule has 0 bridgehead atoms. The predicted octanol–water partition coefficient (Wildman–Crippen LogP) is 4.12. The first kappa shape index (κ1) is 18.7. The summed E-state index contributed by atoms with van der Waals surface area (Å²) < 4.78 is 5.32. The Hall–Kier alpha value is -1.62. The van der Waals surface area contributed by atoms with Gasteiger partial charge in [0.05, 0.1) is 6.10 Å². The third-order valence-corrected chi connectivity index (χ3v) is 4.75. The van der Waals surface area contributed by atoms with Crippen LogP contribution >= 0.6 is 11.3 Å². The molecule has 2 heterocycles. The molecule has 0 saturated heterocycles. The van der Waals surface area contributed by atoms with Gasteiger partial charge in [0, 0.05) is 17.7 Å². The van der Waals surface area contributed by atoms with Crippen molar-refractivity contribution in [1.82, 2.24) is 0 Å². The number of hydrogen-bond acceptors (Lipinski definition) is 5. The van der Waals surface area contributed by atoms with Gasteiger partial charge in [0.15, 0.2) is 0 Å². The van der Waals surface area contributed by atoms with Crippen LogP contribution in [0.1, 0.15) is 55.3 Å². The molecule has 2 atom stereocenters. The minimum absolute atomic E-state index is 0.180. The van der Waals surface area contributed by atoms with E-state index in [1.807, 2.05) is 17.5 Å². The van der Waals surface area contributed by atoms with E-state index >= 15 is 0 Å². The zero-order valence-electron chi connectivity index (χ0n) is 14.0. The molecule has 0 saturated carbocycles. The van der Waals surface area contributed by atoms with Crippen LogP contribution in [0.4, 0.5) is 0 Å². The summed E-state index contributed by atoms with van der Waals surface area (Å²) in [4.78, 5) is 0.946. The van der Waals surface area contributed by atoms with Crippen molar-refractivity contribution in [3.63, 3.8) is 0 Å². The number of aliphatic hydroxyl groups is 3. The van der Waals surface area contributed by atoms with Crippen molar-refractivity contribution in [2.24, 2.45) is 5.92 Å². The van der Waals surface area contributed by atoms with Crippen LogP contribution in [0.5, 0.6) is 0 Å².